The van der Waals surface area contributed by atoms with E-state index in [0.29, 0.717) is 11.1 Å². The van der Waals surface area contributed by atoms with Crippen LogP contribution in [0.15, 0.2) is 36.4 Å². The smallest absolute Gasteiger partial charge is 0.330 e. The number of ether oxygens (including phenoxy) is 1. The summed E-state index contributed by atoms with van der Waals surface area (Å²) in [5, 5.41) is 11.2. The molecule has 1 aromatic carbocycles. The highest BCUT2D eigenvalue weighted by atomic mass is 16.5. The third-order valence-corrected chi connectivity index (χ3v) is 2.84. The van der Waals surface area contributed by atoms with Crippen molar-refractivity contribution in [1.82, 2.24) is 5.32 Å². The number of esters is 1. The van der Waals surface area contributed by atoms with Gasteiger partial charge in [-0.2, -0.15) is 5.26 Å². The average molecular weight is 315 g/mol. The highest BCUT2D eigenvalue weighted by molar-refractivity contribution is 5.97. The van der Waals surface area contributed by atoms with Gasteiger partial charge in [-0.15, -0.1) is 0 Å². The van der Waals surface area contributed by atoms with Crippen LogP contribution < -0.4 is 11.1 Å². The molecule has 23 heavy (non-hydrogen) atoms. The van der Waals surface area contributed by atoms with Gasteiger partial charge in [0, 0.05) is 11.6 Å². The Bertz CT molecular complexity index is 644. The predicted molar refractivity (Wildman–Crippen MR) is 82.0 cm³/mol. The Morgan fingerprint density at radius 3 is 2.52 bits per heavy atom. The summed E-state index contributed by atoms with van der Waals surface area (Å²) in [6.07, 6.45) is 2.65. The summed E-state index contributed by atoms with van der Waals surface area (Å²) < 4.78 is 4.70. The molecule has 7 nitrogen and oxygen atoms in total. The number of amides is 2. The molecular weight excluding hydrogens is 298 g/mol. The number of carbonyl (C=O) groups is 3. The van der Waals surface area contributed by atoms with E-state index in [0.717, 1.165) is 0 Å². The molecule has 0 saturated heterocycles. The summed E-state index contributed by atoms with van der Waals surface area (Å²) in [6, 6.07) is 6.92. The lowest BCUT2D eigenvalue weighted by atomic mass is 10.1. The fourth-order valence-electron chi connectivity index (χ4n) is 1.67. The second kappa shape index (κ2) is 9.00. The van der Waals surface area contributed by atoms with Crippen molar-refractivity contribution in [2.45, 2.75) is 19.4 Å². The van der Waals surface area contributed by atoms with Gasteiger partial charge in [0.2, 0.25) is 5.91 Å². The van der Waals surface area contributed by atoms with Crippen LogP contribution in [0.4, 0.5) is 0 Å². The lowest BCUT2D eigenvalue weighted by Crippen LogP contribution is -2.44. The molecule has 0 aliphatic rings. The van der Waals surface area contributed by atoms with Crippen LogP contribution in [-0.2, 0) is 14.3 Å². The Hall–Kier alpha value is -3.14. The van der Waals surface area contributed by atoms with Gasteiger partial charge in [-0.3, -0.25) is 9.59 Å². The van der Waals surface area contributed by atoms with Crippen molar-refractivity contribution in [2.24, 2.45) is 5.73 Å². The van der Waals surface area contributed by atoms with Gasteiger partial charge in [-0.25, -0.2) is 4.79 Å². The molecule has 0 bridgehead atoms. The molecule has 0 saturated carbocycles. The standard InChI is InChI=1S/C16H17N3O4/c1-2-23-14(20)5-3-4-13(15(18)21)19-16(22)12-8-6-11(10-17)7-9-12/h3,5-9,13H,2,4H2,1H3,(H2,18,21)(H,19,22)/b5-3+/t13-/m1/s1. The molecule has 1 atom stereocenters. The molecule has 0 aliphatic heterocycles. The Kier molecular flexibility index (Phi) is 7.01. The number of nitrogens with two attached hydrogens (primary N) is 1. The van der Waals surface area contributed by atoms with Gasteiger partial charge in [0.05, 0.1) is 18.2 Å². The minimum Gasteiger partial charge on any atom is -0.463 e. The molecule has 0 radical (unpaired) electrons. The Morgan fingerprint density at radius 1 is 1.35 bits per heavy atom. The summed E-state index contributed by atoms with van der Waals surface area (Å²) in [5.41, 5.74) is 5.96. The molecule has 0 heterocycles. The third kappa shape index (κ3) is 6.01. The van der Waals surface area contributed by atoms with Gasteiger partial charge in [-0.1, -0.05) is 6.08 Å². The van der Waals surface area contributed by atoms with E-state index in [9.17, 15) is 14.4 Å². The molecule has 1 aromatic rings. The van der Waals surface area contributed by atoms with Gasteiger partial charge >= 0.3 is 5.97 Å². The van der Waals surface area contributed by atoms with E-state index in [2.05, 4.69) is 5.32 Å². The molecule has 0 spiro atoms. The quantitative estimate of drug-likeness (QED) is 0.565. The Balaban J connectivity index is 2.68. The number of benzene rings is 1. The summed E-state index contributed by atoms with van der Waals surface area (Å²) in [6.45, 7) is 1.92. The van der Waals surface area contributed by atoms with Crippen molar-refractivity contribution < 1.29 is 19.1 Å². The Labute approximate surface area is 133 Å². The van der Waals surface area contributed by atoms with E-state index in [-0.39, 0.29) is 13.0 Å². The first-order valence-electron chi connectivity index (χ1n) is 6.91. The minimum atomic E-state index is -0.955. The summed E-state index contributed by atoms with van der Waals surface area (Å²) in [5.74, 6) is -1.75. The zero-order chi connectivity index (χ0) is 17.2. The molecule has 0 aliphatic carbocycles. The number of nitrogens with zero attached hydrogens (tertiary/aromatic N) is 1. The first-order chi connectivity index (χ1) is 11.0. The van der Waals surface area contributed by atoms with Gasteiger partial charge in [0.1, 0.15) is 6.04 Å². The van der Waals surface area contributed by atoms with Crippen molar-refractivity contribution in [2.75, 3.05) is 6.61 Å². The number of nitrogens with one attached hydrogen (secondary N) is 1. The topological polar surface area (TPSA) is 122 Å². The van der Waals surface area contributed by atoms with Crippen LogP contribution in [0.1, 0.15) is 29.3 Å². The van der Waals surface area contributed by atoms with E-state index in [1.54, 1.807) is 6.92 Å². The number of nitriles is 1. The van der Waals surface area contributed by atoms with Gasteiger partial charge < -0.3 is 15.8 Å². The van der Waals surface area contributed by atoms with Crippen LogP contribution in [0.25, 0.3) is 0 Å². The molecular formula is C16H17N3O4. The predicted octanol–water partition coefficient (Wildman–Crippen LogP) is 0.651. The number of rotatable bonds is 7. The zero-order valence-corrected chi connectivity index (χ0v) is 12.6. The van der Waals surface area contributed by atoms with Crippen molar-refractivity contribution in [3.63, 3.8) is 0 Å². The molecule has 7 heteroatoms. The summed E-state index contributed by atoms with van der Waals surface area (Å²) in [4.78, 5) is 34.6. The molecule has 1 rings (SSSR count). The van der Waals surface area contributed by atoms with Gasteiger partial charge in [0.25, 0.3) is 5.91 Å². The van der Waals surface area contributed by atoms with Crippen LogP contribution in [0.5, 0.6) is 0 Å². The molecule has 0 aromatic heterocycles. The highest BCUT2D eigenvalue weighted by Gasteiger charge is 2.17. The van der Waals surface area contributed by atoms with Crippen LogP contribution >= 0.6 is 0 Å². The van der Waals surface area contributed by atoms with E-state index < -0.39 is 23.8 Å². The first-order valence-corrected chi connectivity index (χ1v) is 6.91. The van der Waals surface area contributed by atoms with Crippen molar-refractivity contribution in [3.05, 3.63) is 47.5 Å². The third-order valence-electron chi connectivity index (χ3n) is 2.84. The van der Waals surface area contributed by atoms with E-state index in [4.69, 9.17) is 15.7 Å². The maximum Gasteiger partial charge on any atom is 0.330 e. The summed E-state index contributed by atoms with van der Waals surface area (Å²) >= 11 is 0. The molecule has 3 N–H and O–H groups in total. The van der Waals surface area contributed by atoms with Crippen molar-refractivity contribution in [1.29, 1.82) is 5.26 Å². The SMILES string of the molecule is CCOC(=O)/C=C/C[C@@H](NC(=O)c1ccc(C#N)cc1)C(N)=O. The lowest BCUT2D eigenvalue weighted by Gasteiger charge is -2.13. The monoisotopic (exact) mass is 315 g/mol. The van der Waals surface area contributed by atoms with Crippen LogP contribution in [-0.4, -0.2) is 30.4 Å². The van der Waals surface area contributed by atoms with Crippen LogP contribution in [0.3, 0.4) is 0 Å². The van der Waals surface area contributed by atoms with Crippen molar-refractivity contribution >= 4 is 17.8 Å². The zero-order valence-electron chi connectivity index (χ0n) is 12.6. The molecule has 0 fully saturated rings. The van der Waals surface area contributed by atoms with Crippen LogP contribution in [0.2, 0.25) is 0 Å². The van der Waals surface area contributed by atoms with Gasteiger partial charge in [0.15, 0.2) is 0 Å². The van der Waals surface area contributed by atoms with Crippen LogP contribution in [0, 0.1) is 11.3 Å². The van der Waals surface area contributed by atoms with Crippen molar-refractivity contribution in [3.8, 4) is 6.07 Å². The molecule has 0 unspecified atom stereocenters. The highest BCUT2D eigenvalue weighted by Crippen LogP contribution is 2.04. The number of hydrogen-bond donors (Lipinski definition) is 2. The van der Waals surface area contributed by atoms with Gasteiger partial charge in [-0.05, 0) is 37.6 Å². The molecule has 2 amide bonds. The average Bonchev–Trinajstić information content (AvgIpc) is 2.54. The Morgan fingerprint density at radius 2 is 2.00 bits per heavy atom. The van der Waals surface area contributed by atoms with E-state index in [1.807, 2.05) is 6.07 Å². The fourth-order valence-corrected chi connectivity index (χ4v) is 1.67. The maximum atomic E-state index is 12.0. The maximum absolute atomic E-state index is 12.0. The second-order valence-corrected chi connectivity index (χ2v) is 4.51. The first kappa shape index (κ1) is 17.9. The largest absolute Gasteiger partial charge is 0.463 e. The second-order valence-electron chi connectivity index (χ2n) is 4.51. The lowest BCUT2D eigenvalue weighted by molar-refractivity contribution is -0.137. The molecule has 120 valence electrons. The fraction of sp³-hybridized carbons (Fsp3) is 0.250. The normalized spacial score (nSPS) is 11.5. The minimum absolute atomic E-state index is 0.0656. The number of carbonyl (C=O) groups excluding carboxylic acids is 3. The number of hydrogen-bond acceptors (Lipinski definition) is 5. The number of primary amides is 1. The van der Waals surface area contributed by atoms with E-state index in [1.165, 1.54) is 36.4 Å². The summed E-state index contributed by atoms with van der Waals surface area (Å²) in [7, 11) is 0. The van der Waals surface area contributed by atoms with E-state index >= 15 is 0 Å².